The summed E-state index contributed by atoms with van der Waals surface area (Å²) in [6.45, 7) is 5.51. The Morgan fingerprint density at radius 3 is 2.50 bits per heavy atom. The van der Waals surface area contributed by atoms with Crippen LogP contribution in [0.4, 0.5) is 5.69 Å². The van der Waals surface area contributed by atoms with E-state index < -0.39 is 0 Å². The molecule has 2 aromatic carbocycles. The highest BCUT2D eigenvalue weighted by Crippen LogP contribution is 2.25. The van der Waals surface area contributed by atoms with Gasteiger partial charge in [0, 0.05) is 11.5 Å². The van der Waals surface area contributed by atoms with E-state index in [1.165, 1.54) is 28.2 Å². The van der Waals surface area contributed by atoms with Crippen LogP contribution >= 0.6 is 12.4 Å². The zero-order chi connectivity index (χ0) is 18.8. The average Bonchev–Trinajstić information content (AvgIpc) is 3.27. The summed E-state index contributed by atoms with van der Waals surface area (Å²) in [5, 5.41) is 12.5. The van der Waals surface area contributed by atoms with Gasteiger partial charge in [0.15, 0.2) is 5.69 Å². The molecule has 0 spiro atoms. The van der Waals surface area contributed by atoms with Crippen LogP contribution in [0.2, 0.25) is 0 Å². The number of fused-ring (bicyclic) bond motifs is 1. The highest BCUT2D eigenvalue weighted by Gasteiger charge is 2.28. The molecule has 0 aliphatic carbocycles. The van der Waals surface area contributed by atoms with Crippen molar-refractivity contribution < 1.29 is 9.67 Å². The number of imidazole rings is 1. The molecule has 4 rings (SSSR count). The topological polar surface area (TPSA) is 44.2 Å². The molecule has 5 heteroatoms. The van der Waals surface area contributed by atoms with Gasteiger partial charge >= 0.3 is 0 Å². The largest absolute Gasteiger partial charge is 0.859 e. The minimum atomic E-state index is -0.111. The Kier molecular flexibility index (Phi) is 6.20. The summed E-state index contributed by atoms with van der Waals surface area (Å²) in [5.41, 5.74) is 5.61. The van der Waals surface area contributed by atoms with E-state index in [0.29, 0.717) is 0 Å². The summed E-state index contributed by atoms with van der Waals surface area (Å²) in [6.07, 6.45) is 5.22. The molecule has 28 heavy (non-hydrogen) atoms. The van der Waals surface area contributed by atoms with Crippen molar-refractivity contribution in [2.75, 3.05) is 0 Å². The van der Waals surface area contributed by atoms with Crippen LogP contribution in [0.3, 0.4) is 0 Å². The van der Waals surface area contributed by atoms with Crippen LogP contribution in [0.1, 0.15) is 30.3 Å². The van der Waals surface area contributed by atoms with Crippen LogP contribution < -0.4 is 9.67 Å². The smallest absolute Gasteiger partial charge is 0.257 e. The Labute approximate surface area is 172 Å². The third-order valence-corrected chi connectivity index (χ3v) is 5.25. The molecule has 0 saturated heterocycles. The van der Waals surface area contributed by atoms with Crippen LogP contribution in [0, 0.1) is 6.92 Å². The molecule has 0 radical (unpaired) electrons. The molecule has 0 atom stereocenters. The summed E-state index contributed by atoms with van der Waals surface area (Å²) in [5.74, 6) is 1.11. The average molecular weight is 396 g/mol. The van der Waals surface area contributed by atoms with Crippen molar-refractivity contribution in [3.63, 3.8) is 0 Å². The number of aromatic nitrogens is 2. The second-order valence-corrected chi connectivity index (χ2v) is 7.21. The van der Waals surface area contributed by atoms with E-state index in [0.717, 1.165) is 31.5 Å². The van der Waals surface area contributed by atoms with E-state index in [9.17, 15) is 5.11 Å². The number of aryl methyl sites for hydroxylation is 2. The Balaban J connectivity index is 0.00000225. The monoisotopic (exact) mass is 395 g/mol. The van der Waals surface area contributed by atoms with Gasteiger partial charge < -0.3 is 5.11 Å². The van der Waals surface area contributed by atoms with Crippen LogP contribution in [0.5, 0.6) is 0 Å². The van der Waals surface area contributed by atoms with Gasteiger partial charge in [-0.3, -0.25) is 4.99 Å². The van der Waals surface area contributed by atoms with E-state index in [-0.39, 0.29) is 24.8 Å². The second-order valence-electron chi connectivity index (χ2n) is 7.21. The Morgan fingerprint density at radius 1 is 1.11 bits per heavy atom. The van der Waals surface area contributed by atoms with Gasteiger partial charge in [-0.1, -0.05) is 48.9 Å². The van der Waals surface area contributed by atoms with Crippen molar-refractivity contribution in [2.45, 2.75) is 46.2 Å². The molecule has 1 aromatic heterocycles. The third-order valence-electron chi connectivity index (χ3n) is 5.25. The van der Waals surface area contributed by atoms with Crippen molar-refractivity contribution in [1.82, 2.24) is 4.57 Å². The fourth-order valence-electron chi connectivity index (χ4n) is 3.73. The molecule has 0 unspecified atom stereocenters. The maximum Gasteiger partial charge on any atom is 0.257 e. The van der Waals surface area contributed by atoms with E-state index in [4.69, 9.17) is 0 Å². The van der Waals surface area contributed by atoms with Gasteiger partial charge in [-0.25, -0.2) is 9.13 Å². The van der Waals surface area contributed by atoms with Gasteiger partial charge in [0.25, 0.3) is 5.82 Å². The van der Waals surface area contributed by atoms with Crippen LogP contribution in [-0.4, -0.2) is 10.5 Å². The normalized spacial score (nSPS) is 13.3. The second kappa shape index (κ2) is 8.61. The minimum Gasteiger partial charge on any atom is -0.859 e. The number of nitrogens with zero attached hydrogens (tertiary/aromatic N) is 3. The van der Waals surface area contributed by atoms with Crippen LogP contribution in [0.15, 0.2) is 59.7 Å². The lowest BCUT2D eigenvalue weighted by molar-refractivity contribution is -0.693. The maximum absolute atomic E-state index is 12.5. The zero-order valence-electron chi connectivity index (χ0n) is 16.4. The number of benzene rings is 2. The Bertz CT molecular complexity index is 972. The molecule has 0 bridgehead atoms. The molecule has 4 nitrogen and oxygen atoms in total. The maximum atomic E-state index is 12.5. The molecule has 3 aromatic rings. The fourth-order valence-corrected chi connectivity index (χ4v) is 3.73. The minimum absolute atomic E-state index is 0. The molecule has 0 N–H and O–H groups in total. The summed E-state index contributed by atoms with van der Waals surface area (Å²) in [4.78, 5) is 4.28. The molecule has 1 aliphatic heterocycles. The fraction of sp³-hybridized carbons (Fsp3) is 0.304. The first-order valence-electron chi connectivity index (χ1n) is 9.66. The molecule has 0 saturated carbocycles. The number of rotatable bonds is 5. The summed E-state index contributed by atoms with van der Waals surface area (Å²) < 4.78 is 4.42. The van der Waals surface area contributed by atoms with E-state index >= 15 is 0 Å². The molecular formula is C23H26ClN3O. The van der Waals surface area contributed by atoms with Crippen molar-refractivity contribution in [3.8, 4) is 11.3 Å². The van der Waals surface area contributed by atoms with Crippen molar-refractivity contribution >= 4 is 24.0 Å². The van der Waals surface area contributed by atoms with Gasteiger partial charge in [0.2, 0.25) is 0 Å². The molecule has 146 valence electrons. The first-order chi connectivity index (χ1) is 13.1. The lowest BCUT2D eigenvalue weighted by atomic mass is 10.1. The molecular weight excluding hydrogens is 370 g/mol. The summed E-state index contributed by atoms with van der Waals surface area (Å²) in [6, 6.07) is 16.5. The molecule has 0 amide bonds. The first kappa shape index (κ1) is 20.2. The van der Waals surface area contributed by atoms with Gasteiger partial charge in [-0.05, 0) is 37.5 Å². The summed E-state index contributed by atoms with van der Waals surface area (Å²) in [7, 11) is 0. The predicted octanol–water partition coefficient (Wildman–Crippen LogP) is 3.77. The Morgan fingerprint density at radius 2 is 1.82 bits per heavy atom. The molecule has 2 heterocycles. The van der Waals surface area contributed by atoms with Gasteiger partial charge in [-0.15, -0.1) is 12.4 Å². The lowest BCUT2D eigenvalue weighted by Crippen LogP contribution is -2.43. The summed E-state index contributed by atoms with van der Waals surface area (Å²) >= 11 is 0. The molecule has 1 aliphatic rings. The van der Waals surface area contributed by atoms with Crippen molar-refractivity contribution in [3.05, 3.63) is 71.7 Å². The zero-order valence-corrected chi connectivity index (χ0v) is 17.2. The number of halogens is 1. The lowest BCUT2D eigenvalue weighted by Gasteiger charge is -2.09. The van der Waals surface area contributed by atoms with Crippen molar-refractivity contribution in [1.29, 1.82) is 0 Å². The van der Waals surface area contributed by atoms with Gasteiger partial charge in [0.1, 0.15) is 12.7 Å². The van der Waals surface area contributed by atoms with E-state index in [1.807, 2.05) is 24.3 Å². The Hall–Kier alpha value is -2.59. The van der Waals surface area contributed by atoms with Crippen LogP contribution in [-0.2, 0) is 25.9 Å². The standard InChI is InChI=1S/C23H25N3O.ClH/c1-3-18-8-12-20(13-9-18)24-22(27)16-25-15-21(26-14-4-5-23(25)26)19-10-6-17(2)7-11-19;/h6-13,15H,3-5,14,16H2,1-2H3;1H. The quantitative estimate of drug-likeness (QED) is 0.368. The SMILES string of the molecule is CCc1ccc(N=C([O-])C[n+]2cc(-c3ccc(C)cc3)n3c2CCC3)cc1.Cl. The number of aliphatic imine (C=N–C) groups is 1. The first-order valence-corrected chi connectivity index (χ1v) is 9.66. The van der Waals surface area contributed by atoms with Crippen molar-refractivity contribution in [2.24, 2.45) is 4.99 Å². The molecule has 0 fully saturated rings. The van der Waals surface area contributed by atoms with Crippen LogP contribution in [0.25, 0.3) is 11.3 Å². The van der Waals surface area contributed by atoms with Gasteiger partial charge in [-0.2, -0.15) is 0 Å². The highest BCUT2D eigenvalue weighted by atomic mass is 35.5. The number of hydrogen-bond acceptors (Lipinski definition) is 2. The predicted molar refractivity (Wildman–Crippen MR) is 113 cm³/mol. The van der Waals surface area contributed by atoms with E-state index in [1.54, 1.807) is 0 Å². The highest BCUT2D eigenvalue weighted by molar-refractivity contribution is 5.85. The van der Waals surface area contributed by atoms with Gasteiger partial charge in [0.05, 0.1) is 18.7 Å². The number of hydrogen-bond donors (Lipinski definition) is 0. The third kappa shape index (κ3) is 4.12. The van der Waals surface area contributed by atoms with E-state index in [2.05, 4.69) is 58.4 Å².